The Morgan fingerprint density at radius 1 is 1.33 bits per heavy atom. The summed E-state index contributed by atoms with van der Waals surface area (Å²) in [5.74, 6) is 1.54. The van der Waals surface area contributed by atoms with Gasteiger partial charge in [-0.1, -0.05) is 22.0 Å². The molecule has 2 aromatic rings. The molecule has 1 fully saturated rings. The highest BCUT2D eigenvalue weighted by atomic mass is 79.9. The smallest absolute Gasteiger partial charge is 0.133 e. The number of benzene rings is 1. The topological polar surface area (TPSA) is 44.3 Å². The number of anilines is 2. The van der Waals surface area contributed by atoms with E-state index in [-0.39, 0.29) is 5.82 Å². The molecular weight excluding hydrogens is 373 g/mol. The van der Waals surface area contributed by atoms with Crippen molar-refractivity contribution >= 4 is 27.6 Å². The molecule has 0 spiro atoms. The second kappa shape index (κ2) is 7.44. The zero-order chi connectivity index (χ0) is 17.1. The number of nitrogens with zero attached hydrogens (tertiary/aromatic N) is 4. The maximum absolute atomic E-state index is 14.0. The zero-order valence-corrected chi connectivity index (χ0v) is 15.4. The third-order valence-electron chi connectivity index (χ3n) is 4.14. The van der Waals surface area contributed by atoms with E-state index in [0.717, 1.165) is 41.2 Å². The Balaban J connectivity index is 1.58. The molecule has 0 saturated carbocycles. The molecule has 5 nitrogen and oxygen atoms in total. The van der Waals surface area contributed by atoms with E-state index in [4.69, 9.17) is 0 Å². The van der Waals surface area contributed by atoms with Crippen LogP contribution < -0.4 is 10.2 Å². The van der Waals surface area contributed by atoms with Gasteiger partial charge in [0.15, 0.2) is 0 Å². The average molecular weight is 394 g/mol. The molecule has 0 amide bonds. The highest BCUT2D eigenvalue weighted by molar-refractivity contribution is 9.10. The maximum Gasteiger partial charge on any atom is 0.133 e. The molecule has 0 bridgehead atoms. The van der Waals surface area contributed by atoms with Crippen molar-refractivity contribution in [2.45, 2.75) is 19.0 Å². The van der Waals surface area contributed by atoms with Crippen molar-refractivity contribution in [1.82, 2.24) is 14.9 Å². The normalized spacial score (nSPS) is 17.9. The summed E-state index contributed by atoms with van der Waals surface area (Å²) in [4.78, 5) is 12.7. The van der Waals surface area contributed by atoms with E-state index in [2.05, 4.69) is 36.1 Å². The highest BCUT2D eigenvalue weighted by Crippen LogP contribution is 2.21. The lowest BCUT2D eigenvalue weighted by Crippen LogP contribution is -2.26. The first-order valence-electron chi connectivity index (χ1n) is 7.93. The number of aromatic nitrogens is 2. The maximum atomic E-state index is 14.0. The van der Waals surface area contributed by atoms with Crippen LogP contribution in [-0.4, -0.2) is 48.1 Å². The summed E-state index contributed by atoms with van der Waals surface area (Å²) >= 11 is 3.29. The van der Waals surface area contributed by atoms with Gasteiger partial charge in [0.2, 0.25) is 0 Å². The lowest BCUT2D eigenvalue weighted by atomic mass is 10.2. The van der Waals surface area contributed by atoms with Gasteiger partial charge in [0.1, 0.15) is 23.8 Å². The van der Waals surface area contributed by atoms with Gasteiger partial charge in [0, 0.05) is 55.9 Å². The van der Waals surface area contributed by atoms with E-state index >= 15 is 0 Å². The largest absolute Gasteiger partial charge is 0.366 e. The van der Waals surface area contributed by atoms with Crippen molar-refractivity contribution in [2.24, 2.45) is 0 Å². The van der Waals surface area contributed by atoms with Crippen LogP contribution >= 0.6 is 15.9 Å². The number of halogens is 2. The number of rotatable bonds is 5. The van der Waals surface area contributed by atoms with Gasteiger partial charge in [-0.2, -0.15) is 0 Å². The fourth-order valence-electron chi connectivity index (χ4n) is 2.86. The van der Waals surface area contributed by atoms with Crippen molar-refractivity contribution in [3.63, 3.8) is 0 Å². The predicted octanol–water partition coefficient (Wildman–Crippen LogP) is 3.13. The Morgan fingerprint density at radius 3 is 2.92 bits per heavy atom. The summed E-state index contributed by atoms with van der Waals surface area (Å²) < 4.78 is 14.7. The van der Waals surface area contributed by atoms with Crippen LogP contribution in [0.4, 0.5) is 16.0 Å². The van der Waals surface area contributed by atoms with Gasteiger partial charge < -0.3 is 10.2 Å². The van der Waals surface area contributed by atoms with Gasteiger partial charge in [0.25, 0.3) is 0 Å². The van der Waals surface area contributed by atoms with Crippen LogP contribution in [-0.2, 0) is 6.54 Å². The summed E-state index contributed by atoms with van der Waals surface area (Å²) in [6.45, 7) is 2.44. The molecule has 1 aliphatic heterocycles. The van der Waals surface area contributed by atoms with Gasteiger partial charge >= 0.3 is 0 Å². The molecule has 24 heavy (non-hydrogen) atoms. The molecule has 1 unspecified atom stereocenters. The first kappa shape index (κ1) is 17.1. The van der Waals surface area contributed by atoms with Crippen LogP contribution in [0.2, 0.25) is 0 Å². The minimum atomic E-state index is -0.160. The van der Waals surface area contributed by atoms with Crippen molar-refractivity contribution in [3.05, 3.63) is 46.4 Å². The quantitative estimate of drug-likeness (QED) is 0.845. The standard InChI is InChI=1S/C17H21BrFN5/c1-23(2)17-8-16(20-11-21-17)22-14-5-6-24(10-14)9-12-3-4-13(18)7-15(12)19/h3-4,7-8,11,14H,5-6,9-10H2,1-2H3,(H,20,21,22). The molecule has 7 heteroatoms. The molecule has 0 aliphatic carbocycles. The molecule has 2 heterocycles. The van der Waals surface area contributed by atoms with E-state index in [1.54, 1.807) is 6.33 Å². The fraction of sp³-hybridized carbons (Fsp3) is 0.412. The van der Waals surface area contributed by atoms with Crippen LogP contribution in [0.1, 0.15) is 12.0 Å². The van der Waals surface area contributed by atoms with Crippen LogP contribution in [0.3, 0.4) is 0 Å². The van der Waals surface area contributed by atoms with Crippen LogP contribution in [0, 0.1) is 5.82 Å². The van der Waals surface area contributed by atoms with Crippen LogP contribution in [0.5, 0.6) is 0 Å². The van der Waals surface area contributed by atoms with Crippen LogP contribution in [0.15, 0.2) is 35.1 Å². The first-order chi connectivity index (χ1) is 11.5. The Hall–Kier alpha value is -1.73. The second-order valence-electron chi connectivity index (χ2n) is 6.26. The third kappa shape index (κ3) is 4.21. The lowest BCUT2D eigenvalue weighted by molar-refractivity contribution is 0.323. The predicted molar refractivity (Wildman–Crippen MR) is 97.8 cm³/mol. The minimum Gasteiger partial charge on any atom is -0.366 e. The summed E-state index contributed by atoms with van der Waals surface area (Å²) in [5.41, 5.74) is 0.732. The molecule has 1 aliphatic rings. The summed E-state index contributed by atoms with van der Waals surface area (Å²) in [5, 5.41) is 3.45. The lowest BCUT2D eigenvalue weighted by Gasteiger charge is -2.18. The van der Waals surface area contributed by atoms with Crippen molar-refractivity contribution < 1.29 is 4.39 Å². The number of nitrogens with one attached hydrogen (secondary N) is 1. The number of hydrogen-bond acceptors (Lipinski definition) is 5. The van der Waals surface area contributed by atoms with E-state index in [1.165, 1.54) is 6.07 Å². The highest BCUT2D eigenvalue weighted by Gasteiger charge is 2.23. The molecule has 0 radical (unpaired) electrons. The molecular formula is C17H21BrFN5. The molecule has 1 aromatic heterocycles. The fourth-order valence-corrected chi connectivity index (χ4v) is 3.20. The SMILES string of the molecule is CN(C)c1cc(NC2CCN(Cc3ccc(Br)cc3F)C2)ncn1. The third-order valence-corrected chi connectivity index (χ3v) is 4.64. The molecule has 1 aromatic carbocycles. The zero-order valence-electron chi connectivity index (χ0n) is 13.8. The van der Waals surface area contributed by atoms with Crippen molar-refractivity contribution in [3.8, 4) is 0 Å². The summed E-state index contributed by atoms with van der Waals surface area (Å²) in [6.07, 6.45) is 2.58. The Bertz CT molecular complexity index is 709. The molecule has 128 valence electrons. The molecule has 1 saturated heterocycles. The monoisotopic (exact) mass is 393 g/mol. The average Bonchev–Trinajstić information content (AvgIpc) is 2.97. The summed E-state index contributed by atoms with van der Waals surface area (Å²) in [6, 6.07) is 7.50. The number of likely N-dealkylation sites (tertiary alicyclic amines) is 1. The second-order valence-corrected chi connectivity index (χ2v) is 7.17. The number of hydrogen-bond donors (Lipinski definition) is 1. The minimum absolute atomic E-state index is 0.160. The van der Waals surface area contributed by atoms with E-state index in [9.17, 15) is 4.39 Å². The Labute approximate surface area is 150 Å². The first-order valence-corrected chi connectivity index (χ1v) is 8.73. The van der Waals surface area contributed by atoms with Gasteiger partial charge in [-0.25, -0.2) is 14.4 Å². The van der Waals surface area contributed by atoms with Gasteiger partial charge in [0.05, 0.1) is 0 Å². The summed E-state index contributed by atoms with van der Waals surface area (Å²) in [7, 11) is 3.91. The molecule has 1 N–H and O–H groups in total. The van der Waals surface area contributed by atoms with Crippen molar-refractivity contribution in [1.29, 1.82) is 0 Å². The van der Waals surface area contributed by atoms with E-state index in [0.29, 0.717) is 12.6 Å². The van der Waals surface area contributed by atoms with Crippen molar-refractivity contribution in [2.75, 3.05) is 37.4 Å². The van der Waals surface area contributed by atoms with E-state index < -0.39 is 0 Å². The van der Waals surface area contributed by atoms with Crippen LogP contribution in [0.25, 0.3) is 0 Å². The molecule has 3 rings (SSSR count). The molecule has 1 atom stereocenters. The van der Waals surface area contributed by atoms with Gasteiger partial charge in [-0.3, -0.25) is 4.90 Å². The van der Waals surface area contributed by atoms with E-state index in [1.807, 2.05) is 37.2 Å². The Kier molecular flexibility index (Phi) is 5.30. The Morgan fingerprint density at radius 2 is 2.17 bits per heavy atom. The van der Waals surface area contributed by atoms with Gasteiger partial charge in [-0.15, -0.1) is 0 Å². The van der Waals surface area contributed by atoms with Gasteiger partial charge in [-0.05, 0) is 18.6 Å².